The van der Waals surface area contributed by atoms with E-state index < -0.39 is 5.82 Å². The summed E-state index contributed by atoms with van der Waals surface area (Å²) in [5, 5.41) is 2.94. The largest absolute Gasteiger partial charge is 0.494 e. The molecule has 122 valence electrons. The van der Waals surface area contributed by atoms with Gasteiger partial charge < -0.3 is 19.4 Å². The van der Waals surface area contributed by atoms with Crippen LogP contribution in [0.1, 0.15) is 18.6 Å². The second kappa shape index (κ2) is 6.73. The number of ether oxygens (including phenoxy) is 1. The summed E-state index contributed by atoms with van der Waals surface area (Å²) in [5.74, 6) is 0.349. The van der Waals surface area contributed by atoms with Gasteiger partial charge in [0.25, 0.3) is 0 Å². The fourth-order valence-electron chi connectivity index (χ4n) is 2.36. The number of rotatable bonds is 7. The Morgan fingerprint density at radius 1 is 1.43 bits per heavy atom. The Labute approximate surface area is 134 Å². The minimum atomic E-state index is -0.461. The number of carbonyl (C=O) groups is 1. The van der Waals surface area contributed by atoms with Crippen molar-refractivity contribution in [1.29, 1.82) is 0 Å². The Balaban J connectivity index is 1.77. The van der Waals surface area contributed by atoms with Gasteiger partial charge in [-0.15, -0.1) is 0 Å². The molecule has 0 spiro atoms. The van der Waals surface area contributed by atoms with E-state index in [2.05, 4.69) is 5.32 Å². The molecule has 0 bridgehead atoms. The van der Waals surface area contributed by atoms with Crippen molar-refractivity contribution < 1.29 is 18.3 Å². The Morgan fingerprint density at radius 2 is 2.26 bits per heavy atom. The van der Waals surface area contributed by atoms with E-state index in [0.717, 1.165) is 12.8 Å². The third-order valence-electron chi connectivity index (χ3n) is 3.70. The standard InChI is InChI=1S/C17H19FN2O3/c1-22-16-7-6-13(9-15(16)18)20(10-14-3-2-8-23-14)11-17(21)19-12-4-5-12/h2-3,6-9,12H,4-5,10-11H2,1H3,(H,19,21). The van der Waals surface area contributed by atoms with Gasteiger partial charge in [0.15, 0.2) is 11.6 Å². The first kappa shape index (κ1) is 15.4. The summed E-state index contributed by atoms with van der Waals surface area (Å²) in [5.41, 5.74) is 0.602. The second-order valence-corrected chi connectivity index (χ2v) is 5.60. The van der Waals surface area contributed by atoms with Gasteiger partial charge in [-0.05, 0) is 37.1 Å². The zero-order valence-electron chi connectivity index (χ0n) is 12.9. The van der Waals surface area contributed by atoms with Crippen LogP contribution in [0.25, 0.3) is 0 Å². The third-order valence-corrected chi connectivity index (χ3v) is 3.70. The fourth-order valence-corrected chi connectivity index (χ4v) is 2.36. The number of anilines is 1. The molecule has 0 aliphatic heterocycles. The molecule has 0 saturated heterocycles. The minimum Gasteiger partial charge on any atom is -0.494 e. The predicted octanol–water partition coefficient (Wildman–Crippen LogP) is 2.71. The van der Waals surface area contributed by atoms with Crippen LogP contribution in [0.3, 0.4) is 0 Å². The highest BCUT2D eigenvalue weighted by atomic mass is 19.1. The smallest absolute Gasteiger partial charge is 0.239 e. The summed E-state index contributed by atoms with van der Waals surface area (Å²) in [6.07, 6.45) is 3.63. The van der Waals surface area contributed by atoms with Crippen molar-refractivity contribution in [3.8, 4) is 5.75 Å². The average molecular weight is 318 g/mol. The number of benzene rings is 1. The third kappa shape index (κ3) is 4.03. The van der Waals surface area contributed by atoms with Gasteiger partial charge in [-0.2, -0.15) is 0 Å². The maximum Gasteiger partial charge on any atom is 0.239 e. The molecule has 1 amide bonds. The first-order chi connectivity index (χ1) is 11.2. The van der Waals surface area contributed by atoms with E-state index >= 15 is 0 Å². The Morgan fingerprint density at radius 3 is 2.87 bits per heavy atom. The Bertz CT molecular complexity index is 668. The maximum absolute atomic E-state index is 14.0. The number of carbonyl (C=O) groups excluding carboxylic acids is 1. The van der Waals surface area contributed by atoms with Crippen molar-refractivity contribution in [3.63, 3.8) is 0 Å². The number of halogens is 1. The van der Waals surface area contributed by atoms with Crippen LogP contribution < -0.4 is 15.0 Å². The van der Waals surface area contributed by atoms with Crippen LogP contribution in [0.5, 0.6) is 5.75 Å². The van der Waals surface area contributed by atoms with Gasteiger partial charge in [-0.3, -0.25) is 4.79 Å². The van der Waals surface area contributed by atoms with E-state index in [-0.39, 0.29) is 18.2 Å². The van der Waals surface area contributed by atoms with Gasteiger partial charge in [0.1, 0.15) is 5.76 Å². The molecular formula is C17H19FN2O3. The molecule has 23 heavy (non-hydrogen) atoms. The molecule has 6 heteroatoms. The van der Waals surface area contributed by atoms with Gasteiger partial charge in [0.2, 0.25) is 5.91 Å². The zero-order valence-corrected chi connectivity index (χ0v) is 12.9. The molecular weight excluding hydrogens is 299 g/mol. The van der Waals surface area contributed by atoms with Crippen LogP contribution in [0.4, 0.5) is 10.1 Å². The molecule has 5 nitrogen and oxygen atoms in total. The number of amides is 1. The summed E-state index contributed by atoms with van der Waals surface area (Å²) in [7, 11) is 1.42. The quantitative estimate of drug-likeness (QED) is 0.853. The van der Waals surface area contributed by atoms with Crippen molar-refractivity contribution in [3.05, 3.63) is 48.2 Å². The van der Waals surface area contributed by atoms with E-state index in [9.17, 15) is 9.18 Å². The van der Waals surface area contributed by atoms with Crippen LogP contribution in [-0.2, 0) is 11.3 Å². The van der Waals surface area contributed by atoms with Gasteiger partial charge in [-0.1, -0.05) is 0 Å². The summed E-state index contributed by atoms with van der Waals surface area (Å²) in [4.78, 5) is 13.9. The normalized spacial score (nSPS) is 13.7. The van der Waals surface area contributed by atoms with E-state index in [4.69, 9.17) is 9.15 Å². The fraction of sp³-hybridized carbons (Fsp3) is 0.353. The summed E-state index contributed by atoms with van der Waals surface area (Å²) < 4.78 is 24.3. The SMILES string of the molecule is COc1ccc(N(CC(=O)NC2CC2)Cc2ccco2)cc1F. The van der Waals surface area contributed by atoms with Crippen LogP contribution in [0.2, 0.25) is 0 Å². The monoisotopic (exact) mass is 318 g/mol. The number of hydrogen-bond donors (Lipinski definition) is 1. The molecule has 1 aliphatic carbocycles. The van der Waals surface area contributed by atoms with Crippen molar-refractivity contribution in [1.82, 2.24) is 5.32 Å². The predicted molar refractivity (Wildman–Crippen MR) is 83.9 cm³/mol. The van der Waals surface area contributed by atoms with E-state index in [0.29, 0.717) is 24.0 Å². The second-order valence-electron chi connectivity index (χ2n) is 5.60. The lowest BCUT2D eigenvalue weighted by molar-refractivity contribution is -0.119. The number of methoxy groups -OCH3 is 1. The van der Waals surface area contributed by atoms with Gasteiger partial charge >= 0.3 is 0 Å². The van der Waals surface area contributed by atoms with Gasteiger partial charge in [0, 0.05) is 17.8 Å². The molecule has 3 rings (SSSR count). The van der Waals surface area contributed by atoms with Gasteiger partial charge in [0.05, 0.1) is 26.5 Å². The van der Waals surface area contributed by atoms with E-state index in [1.54, 1.807) is 29.4 Å². The van der Waals surface area contributed by atoms with Crippen molar-refractivity contribution in [2.75, 3.05) is 18.6 Å². The van der Waals surface area contributed by atoms with Crippen LogP contribution in [0, 0.1) is 5.82 Å². The summed E-state index contributed by atoms with van der Waals surface area (Å²) in [6.45, 7) is 0.528. The van der Waals surface area contributed by atoms with Gasteiger partial charge in [-0.25, -0.2) is 4.39 Å². The molecule has 0 atom stereocenters. The highest BCUT2D eigenvalue weighted by Gasteiger charge is 2.24. The minimum absolute atomic E-state index is 0.0738. The topological polar surface area (TPSA) is 54.7 Å². The van der Waals surface area contributed by atoms with Crippen molar-refractivity contribution >= 4 is 11.6 Å². The lowest BCUT2D eigenvalue weighted by Gasteiger charge is -2.23. The molecule has 1 heterocycles. The molecule has 1 aliphatic rings. The summed E-state index contributed by atoms with van der Waals surface area (Å²) in [6, 6.07) is 8.55. The zero-order chi connectivity index (χ0) is 16.2. The molecule has 1 saturated carbocycles. The van der Waals surface area contributed by atoms with Crippen molar-refractivity contribution in [2.24, 2.45) is 0 Å². The molecule has 0 radical (unpaired) electrons. The lowest BCUT2D eigenvalue weighted by Crippen LogP contribution is -2.38. The first-order valence-corrected chi connectivity index (χ1v) is 7.56. The van der Waals surface area contributed by atoms with Crippen LogP contribution >= 0.6 is 0 Å². The molecule has 1 aromatic carbocycles. The molecule has 1 N–H and O–H groups in total. The maximum atomic E-state index is 14.0. The van der Waals surface area contributed by atoms with E-state index in [1.165, 1.54) is 13.2 Å². The number of nitrogens with one attached hydrogen (secondary N) is 1. The lowest BCUT2D eigenvalue weighted by atomic mass is 10.2. The van der Waals surface area contributed by atoms with Crippen LogP contribution in [0.15, 0.2) is 41.0 Å². The summed E-state index contributed by atoms with van der Waals surface area (Å²) >= 11 is 0. The molecule has 0 unspecified atom stereocenters. The highest BCUT2D eigenvalue weighted by molar-refractivity contribution is 5.81. The highest BCUT2D eigenvalue weighted by Crippen LogP contribution is 2.25. The Kier molecular flexibility index (Phi) is 4.50. The Hall–Kier alpha value is -2.50. The number of nitrogens with zero attached hydrogens (tertiary/aromatic N) is 1. The molecule has 1 fully saturated rings. The molecule has 2 aromatic rings. The van der Waals surface area contributed by atoms with Crippen molar-refractivity contribution in [2.45, 2.75) is 25.4 Å². The molecule has 1 aromatic heterocycles. The number of furan rings is 1. The first-order valence-electron chi connectivity index (χ1n) is 7.56. The van der Waals surface area contributed by atoms with Crippen LogP contribution in [-0.4, -0.2) is 25.6 Å². The number of hydrogen-bond acceptors (Lipinski definition) is 4. The average Bonchev–Trinajstić information content (AvgIpc) is 3.19. The van der Waals surface area contributed by atoms with E-state index in [1.807, 2.05) is 6.07 Å².